The first kappa shape index (κ1) is 22.3. The van der Waals surface area contributed by atoms with Crippen LogP contribution in [0.5, 0.6) is 5.75 Å². The Morgan fingerprint density at radius 2 is 2.00 bits per heavy atom. The Morgan fingerprint density at radius 1 is 1.29 bits per heavy atom. The van der Waals surface area contributed by atoms with E-state index in [1.54, 1.807) is 12.1 Å². The summed E-state index contributed by atoms with van der Waals surface area (Å²) in [7, 11) is -4.03. The number of hydrogen-bond acceptors (Lipinski definition) is 6. The van der Waals surface area contributed by atoms with E-state index in [1.807, 2.05) is 43.4 Å². The number of aromatic hydroxyl groups is 1. The van der Waals surface area contributed by atoms with Gasteiger partial charge in [-0.25, -0.2) is 4.68 Å². The predicted octanol–water partition coefficient (Wildman–Crippen LogP) is 3.50. The second-order valence-electron chi connectivity index (χ2n) is 9.35. The van der Waals surface area contributed by atoms with Gasteiger partial charge in [0.2, 0.25) is 0 Å². The maximum Gasteiger partial charge on any atom is 0.286 e. The molecule has 2 heterocycles. The normalized spacial score (nSPS) is 17.6. The summed E-state index contributed by atoms with van der Waals surface area (Å²) in [5.74, 6) is 0.101. The highest BCUT2D eigenvalue weighted by atomic mass is 127. The first-order valence-electron chi connectivity index (χ1n) is 10.2. The minimum atomic E-state index is -4.03. The van der Waals surface area contributed by atoms with Crippen molar-refractivity contribution in [2.75, 3.05) is 5.32 Å². The van der Waals surface area contributed by atoms with Crippen LogP contribution in [0.3, 0.4) is 0 Å². The standard InChI is InChI=1S/C21H25IN4O4S/c1-21(2,3)11-15-18(27)17(20(28)26(24-15)9-8-12-4-5-12)19-23-14-7-6-13(22)10-16(14)31(29,30)25-19/h6-7,10,12,27H,4-5,8-9,11H2,1-3H3,(H,23,25). The van der Waals surface area contributed by atoms with Crippen molar-refractivity contribution in [3.63, 3.8) is 0 Å². The summed E-state index contributed by atoms with van der Waals surface area (Å²) >= 11 is 2.03. The van der Waals surface area contributed by atoms with Crippen molar-refractivity contribution < 1.29 is 13.5 Å². The minimum absolute atomic E-state index is 0.0423. The van der Waals surface area contributed by atoms with Crippen LogP contribution >= 0.6 is 22.6 Å². The van der Waals surface area contributed by atoms with E-state index in [4.69, 9.17) is 0 Å². The summed E-state index contributed by atoms with van der Waals surface area (Å²) in [5, 5.41) is 18.3. The lowest BCUT2D eigenvalue weighted by Gasteiger charge is -2.22. The third kappa shape index (κ3) is 4.79. The molecule has 0 bridgehead atoms. The van der Waals surface area contributed by atoms with E-state index < -0.39 is 15.6 Å². The third-order valence-corrected chi connectivity index (χ3v) is 7.25. The van der Waals surface area contributed by atoms with Gasteiger partial charge in [0.25, 0.3) is 15.6 Å². The number of aromatic nitrogens is 2. The number of aryl methyl sites for hydroxylation is 1. The van der Waals surface area contributed by atoms with E-state index in [0.717, 1.165) is 22.8 Å². The predicted molar refractivity (Wildman–Crippen MR) is 127 cm³/mol. The summed E-state index contributed by atoms with van der Waals surface area (Å²) in [6.45, 7) is 6.44. The number of benzene rings is 1. The number of nitrogens with one attached hydrogen (secondary N) is 1. The highest BCUT2D eigenvalue weighted by molar-refractivity contribution is 14.1. The fourth-order valence-electron chi connectivity index (χ4n) is 3.55. The molecule has 2 N–H and O–H groups in total. The smallest absolute Gasteiger partial charge is 0.286 e. The van der Waals surface area contributed by atoms with Gasteiger partial charge in [-0.1, -0.05) is 33.6 Å². The van der Waals surface area contributed by atoms with Crippen LogP contribution in [0.4, 0.5) is 5.69 Å². The Balaban J connectivity index is 1.86. The van der Waals surface area contributed by atoms with Crippen LogP contribution in [-0.2, 0) is 23.0 Å². The first-order valence-corrected chi connectivity index (χ1v) is 12.7. The van der Waals surface area contributed by atoms with Crippen molar-refractivity contribution in [3.8, 4) is 5.75 Å². The van der Waals surface area contributed by atoms with Crippen LogP contribution in [0.25, 0.3) is 0 Å². The number of rotatable bonds is 5. The van der Waals surface area contributed by atoms with Gasteiger partial charge in [0, 0.05) is 16.5 Å². The number of hydrogen-bond donors (Lipinski definition) is 2. The molecule has 4 rings (SSSR count). The summed E-state index contributed by atoms with van der Waals surface area (Å²) < 4.78 is 31.6. The largest absolute Gasteiger partial charge is 0.505 e. The van der Waals surface area contributed by atoms with Gasteiger partial charge >= 0.3 is 0 Å². The van der Waals surface area contributed by atoms with E-state index in [0.29, 0.717) is 30.3 Å². The number of anilines is 1. The third-order valence-electron chi connectivity index (χ3n) is 5.27. The van der Waals surface area contributed by atoms with Crippen LogP contribution in [0.15, 0.2) is 32.3 Å². The fraction of sp³-hybridized carbons (Fsp3) is 0.476. The van der Waals surface area contributed by atoms with E-state index in [1.165, 1.54) is 10.7 Å². The second kappa shape index (κ2) is 7.88. The zero-order chi connectivity index (χ0) is 22.6. The molecule has 1 aliphatic carbocycles. The molecule has 1 aliphatic heterocycles. The summed E-state index contributed by atoms with van der Waals surface area (Å²) in [4.78, 5) is 13.3. The summed E-state index contributed by atoms with van der Waals surface area (Å²) in [6.07, 6.45) is 3.54. The van der Waals surface area contributed by atoms with E-state index >= 15 is 0 Å². The quantitative estimate of drug-likeness (QED) is 0.546. The molecular weight excluding hydrogens is 531 g/mol. The molecule has 1 aromatic heterocycles. The zero-order valence-corrected chi connectivity index (χ0v) is 20.6. The van der Waals surface area contributed by atoms with Crippen molar-refractivity contribution in [1.29, 1.82) is 0 Å². The first-order chi connectivity index (χ1) is 14.4. The number of sulfonamides is 1. The van der Waals surface area contributed by atoms with Crippen molar-refractivity contribution in [2.45, 2.75) is 57.9 Å². The Kier molecular flexibility index (Phi) is 5.65. The lowest BCUT2D eigenvalue weighted by atomic mass is 9.89. The summed E-state index contributed by atoms with van der Waals surface area (Å²) in [6, 6.07) is 4.91. The van der Waals surface area contributed by atoms with Gasteiger partial charge in [0.05, 0.1) is 5.69 Å². The molecule has 0 amide bonds. The lowest BCUT2D eigenvalue weighted by Crippen LogP contribution is -2.35. The number of amidine groups is 1. The Morgan fingerprint density at radius 3 is 2.65 bits per heavy atom. The van der Waals surface area contributed by atoms with Gasteiger partial charge in [-0.2, -0.15) is 13.5 Å². The van der Waals surface area contributed by atoms with E-state index in [9.17, 15) is 18.3 Å². The van der Waals surface area contributed by atoms with Gasteiger partial charge in [-0.15, -0.1) is 4.40 Å². The van der Waals surface area contributed by atoms with Crippen molar-refractivity contribution >= 4 is 44.1 Å². The van der Waals surface area contributed by atoms with Crippen molar-refractivity contribution in [1.82, 2.24) is 9.78 Å². The molecule has 0 spiro atoms. The molecule has 1 saturated carbocycles. The number of nitrogens with zero attached hydrogens (tertiary/aromatic N) is 3. The molecule has 2 aliphatic rings. The van der Waals surface area contributed by atoms with Gasteiger partial charge in [0.1, 0.15) is 16.2 Å². The fourth-order valence-corrected chi connectivity index (χ4v) is 5.40. The van der Waals surface area contributed by atoms with E-state index in [-0.39, 0.29) is 27.5 Å². The molecule has 0 atom stereocenters. The molecular formula is C21H25IN4O4S. The SMILES string of the molecule is CC(C)(C)Cc1nn(CCC2CC2)c(=O)c(C2=NS(=O)(=O)c3cc(I)ccc3N2)c1O. The maximum absolute atomic E-state index is 13.2. The molecule has 10 heteroatoms. The van der Waals surface area contributed by atoms with Gasteiger partial charge in [-0.05, 0) is 58.5 Å². The molecule has 0 saturated heterocycles. The average molecular weight is 556 g/mol. The zero-order valence-electron chi connectivity index (χ0n) is 17.6. The Hall–Kier alpha value is -1.95. The van der Waals surface area contributed by atoms with Crippen LogP contribution in [0.1, 0.15) is 51.3 Å². The van der Waals surface area contributed by atoms with Gasteiger partial charge < -0.3 is 10.4 Å². The van der Waals surface area contributed by atoms with Gasteiger partial charge in [0.15, 0.2) is 11.6 Å². The van der Waals surface area contributed by atoms with Crippen LogP contribution in [0.2, 0.25) is 0 Å². The van der Waals surface area contributed by atoms with Crippen molar-refractivity contribution in [3.05, 3.63) is 43.4 Å². The maximum atomic E-state index is 13.2. The number of halogens is 1. The van der Waals surface area contributed by atoms with E-state index in [2.05, 4.69) is 14.8 Å². The number of fused-ring (bicyclic) bond motifs is 1. The van der Waals surface area contributed by atoms with Crippen LogP contribution in [-0.4, -0.2) is 29.1 Å². The van der Waals surface area contributed by atoms with Crippen LogP contribution in [0, 0.1) is 14.9 Å². The minimum Gasteiger partial charge on any atom is -0.505 e. The molecule has 2 aromatic rings. The molecule has 1 fully saturated rings. The van der Waals surface area contributed by atoms with Crippen molar-refractivity contribution in [2.24, 2.45) is 15.7 Å². The van der Waals surface area contributed by atoms with Crippen LogP contribution < -0.4 is 10.9 Å². The monoisotopic (exact) mass is 556 g/mol. The molecule has 166 valence electrons. The summed E-state index contributed by atoms with van der Waals surface area (Å²) in [5.41, 5.74) is -0.224. The Labute approximate surface area is 195 Å². The Bertz CT molecular complexity index is 1240. The second-order valence-corrected chi connectivity index (χ2v) is 12.2. The van der Waals surface area contributed by atoms with Gasteiger partial charge in [-0.3, -0.25) is 4.79 Å². The molecule has 0 unspecified atom stereocenters. The lowest BCUT2D eigenvalue weighted by molar-refractivity contribution is 0.374. The average Bonchev–Trinajstić information content (AvgIpc) is 3.47. The molecule has 0 radical (unpaired) electrons. The molecule has 31 heavy (non-hydrogen) atoms. The molecule has 1 aromatic carbocycles. The molecule has 8 nitrogen and oxygen atoms in total. The highest BCUT2D eigenvalue weighted by Gasteiger charge is 2.31. The topological polar surface area (TPSA) is 114 Å². The highest BCUT2D eigenvalue weighted by Crippen LogP contribution is 2.34.